The molecule has 6 heteroatoms. The molecule has 0 aromatic heterocycles. The third kappa shape index (κ3) is 22.6. The molecule has 0 bridgehead atoms. The maximum absolute atomic E-state index is 11.1. The predicted octanol–water partition coefficient (Wildman–Crippen LogP) is 1.18. The van der Waals surface area contributed by atoms with Crippen molar-refractivity contribution < 1.29 is 36.4 Å². The number of hydrogen-bond acceptors (Lipinski definition) is 4. The molecule has 2 aromatic rings. The monoisotopic (exact) mass is 608 g/mol. The molecule has 0 aliphatic heterocycles. The number of benzene rings is 2. The number of carbonyl (C=O) groups is 1. The van der Waals surface area contributed by atoms with E-state index in [2.05, 4.69) is 64.9 Å². The smallest absolute Gasteiger partial charge is 1.00 e. The van der Waals surface area contributed by atoms with Crippen LogP contribution < -0.4 is 17.0 Å². The van der Waals surface area contributed by atoms with Gasteiger partial charge in [0, 0.05) is 11.1 Å². The van der Waals surface area contributed by atoms with Gasteiger partial charge in [-0.2, -0.15) is 6.92 Å². The van der Waals surface area contributed by atoms with E-state index in [1.165, 1.54) is 0 Å². The van der Waals surface area contributed by atoms with Crippen molar-refractivity contribution in [2.45, 2.75) is 26.4 Å². The molecule has 2 rings (SSSR count). The van der Waals surface area contributed by atoms with Crippen LogP contribution in [0.4, 0.5) is 0 Å². The zero-order chi connectivity index (χ0) is 28.9. The first-order valence-electron chi connectivity index (χ1n) is 11.4. The number of Topliss-reactive ketones (excluding diaryl/α,β-unsaturated/α-hetero) is 1. The van der Waals surface area contributed by atoms with Crippen LogP contribution in [0.2, 0.25) is 0 Å². The molecule has 1 unspecified atom stereocenters. The third-order valence-electron chi connectivity index (χ3n) is 3.77. The van der Waals surface area contributed by atoms with E-state index in [9.17, 15) is 9.90 Å². The SMILES string of the molecule is C#CCOCC#C.C#CCOCC#CC(O)(C#CC)c1ccccc1.CC#CC(=O)c1ccccc1.[Br-].[CH2-]C.[Mg+2]. The summed E-state index contributed by atoms with van der Waals surface area (Å²) < 4.78 is 9.68. The summed E-state index contributed by atoms with van der Waals surface area (Å²) in [6, 6.07) is 18.1. The van der Waals surface area contributed by atoms with Crippen molar-refractivity contribution in [3.05, 3.63) is 78.7 Å². The van der Waals surface area contributed by atoms with E-state index in [4.69, 9.17) is 24.0 Å². The molecular weight excluding hydrogens is 577 g/mol. The van der Waals surface area contributed by atoms with Crippen molar-refractivity contribution in [3.8, 4) is 72.6 Å². The van der Waals surface area contributed by atoms with Crippen LogP contribution in [-0.4, -0.2) is 60.4 Å². The van der Waals surface area contributed by atoms with Crippen molar-refractivity contribution >= 4 is 28.8 Å². The second-order valence-corrected chi connectivity index (χ2v) is 6.42. The molecule has 0 saturated heterocycles. The number of ether oxygens (including phenoxy) is 2. The topological polar surface area (TPSA) is 55.8 Å². The molecule has 40 heavy (non-hydrogen) atoms. The van der Waals surface area contributed by atoms with Crippen molar-refractivity contribution in [2.24, 2.45) is 0 Å². The molecule has 1 atom stereocenters. The minimum absolute atomic E-state index is 0. The molecule has 1 N–H and O–H groups in total. The van der Waals surface area contributed by atoms with Gasteiger partial charge in [-0.15, -0.1) is 25.2 Å². The Bertz CT molecular complexity index is 1220. The van der Waals surface area contributed by atoms with Gasteiger partial charge >= 0.3 is 23.1 Å². The number of halogens is 1. The fraction of sp³-hybridized carbons (Fsp3) is 0.235. The van der Waals surface area contributed by atoms with Crippen LogP contribution in [0.15, 0.2) is 60.7 Å². The van der Waals surface area contributed by atoms with Gasteiger partial charge < -0.3 is 38.5 Å². The molecule has 2 aromatic carbocycles. The Hall–Kier alpha value is -3.40. The minimum atomic E-state index is -1.46. The molecule has 0 spiro atoms. The van der Waals surface area contributed by atoms with Gasteiger partial charge in [-0.3, -0.25) is 4.79 Å². The molecule has 0 fully saturated rings. The zero-order valence-electron chi connectivity index (χ0n) is 23.3. The van der Waals surface area contributed by atoms with Crippen LogP contribution in [0, 0.1) is 79.5 Å². The van der Waals surface area contributed by atoms with Crippen LogP contribution in [-0.2, 0) is 15.1 Å². The van der Waals surface area contributed by atoms with Gasteiger partial charge in [-0.25, -0.2) is 0 Å². The van der Waals surface area contributed by atoms with Crippen LogP contribution in [0.3, 0.4) is 0 Å². The second kappa shape index (κ2) is 31.8. The van der Waals surface area contributed by atoms with Crippen molar-refractivity contribution in [3.63, 3.8) is 0 Å². The first-order valence-corrected chi connectivity index (χ1v) is 11.4. The maximum atomic E-state index is 11.1. The van der Waals surface area contributed by atoms with Gasteiger partial charge in [0.1, 0.15) is 26.4 Å². The van der Waals surface area contributed by atoms with Gasteiger partial charge in [0.25, 0.3) is 0 Å². The fourth-order valence-corrected chi connectivity index (χ4v) is 2.30. The Morgan fingerprint density at radius 1 is 0.800 bits per heavy atom. The predicted molar refractivity (Wildman–Crippen MR) is 161 cm³/mol. The zero-order valence-corrected chi connectivity index (χ0v) is 26.3. The summed E-state index contributed by atoms with van der Waals surface area (Å²) in [6.45, 7) is 9.31. The molecule has 0 saturated carbocycles. The number of carbonyl (C=O) groups excluding carboxylic acids is 1. The molecule has 202 valence electrons. The van der Waals surface area contributed by atoms with E-state index >= 15 is 0 Å². The van der Waals surface area contributed by atoms with Crippen LogP contribution in [0.25, 0.3) is 0 Å². The van der Waals surface area contributed by atoms with E-state index in [0.29, 0.717) is 24.3 Å². The quantitative estimate of drug-likeness (QED) is 0.134. The van der Waals surface area contributed by atoms with Crippen molar-refractivity contribution in [1.82, 2.24) is 0 Å². The van der Waals surface area contributed by atoms with Gasteiger partial charge in [0.05, 0.1) is 0 Å². The summed E-state index contributed by atoms with van der Waals surface area (Å²) in [4.78, 5) is 11.1. The summed E-state index contributed by atoms with van der Waals surface area (Å²) >= 11 is 0. The van der Waals surface area contributed by atoms with E-state index in [-0.39, 0.29) is 59.0 Å². The standard InChI is InChI=1S/C16H14O2.C10H8O.C6H6O.C2H5.BrH.Mg/c1-3-11-16(17,12-8-14-18-13-4-2)15-9-6-5-7-10-15;1-2-6-10(11)9-7-4-3-5-8-9;1-3-5-7-6-4-2;1-2;;/h2,5-7,9-10,17H,13-14H2,1H3;3-5,7-8H,1H3;1-2H,5-6H2;1H2,2H3;1H;/q;;;-1;;+2/p-1. The first-order chi connectivity index (χ1) is 18.5. The van der Waals surface area contributed by atoms with Crippen molar-refractivity contribution in [1.29, 1.82) is 0 Å². The summed E-state index contributed by atoms with van der Waals surface area (Å²) in [6.07, 6.45) is 14.7. The molecule has 0 aliphatic rings. The number of aliphatic hydroxyl groups is 1. The fourth-order valence-electron chi connectivity index (χ4n) is 2.30. The molecular formula is C34H33BrMgO4. The average molecular weight is 610 g/mol. The normalized spacial score (nSPS) is 8.95. The second-order valence-electron chi connectivity index (χ2n) is 6.42. The number of rotatable bonds is 6. The third-order valence-corrected chi connectivity index (χ3v) is 3.77. The van der Waals surface area contributed by atoms with E-state index in [0.717, 1.165) is 0 Å². The summed E-state index contributed by atoms with van der Waals surface area (Å²) in [5.41, 5.74) is -0.166. The van der Waals surface area contributed by atoms with Crippen LogP contribution in [0.1, 0.15) is 36.7 Å². The molecule has 0 radical (unpaired) electrons. The molecule has 0 aliphatic carbocycles. The number of hydrogen-bond donors (Lipinski definition) is 1. The van der Waals surface area contributed by atoms with E-state index < -0.39 is 5.60 Å². The number of terminal acetylenes is 3. The van der Waals surface area contributed by atoms with Gasteiger partial charge in [-0.05, 0) is 25.7 Å². The number of ketones is 1. The minimum Gasteiger partial charge on any atom is -1.00 e. The van der Waals surface area contributed by atoms with E-state index in [1.807, 2.05) is 36.4 Å². The van der Waals surface area contributed by atoms with Gasteiger partial charge in [-0.1, -0.05) is 96.2 Å². The Morgan fingerprint density at radius 3 is 1.68 bits per heavy atom. The molecule has 0 heterocycles. The average Bonchev–Trinajstić information content (AvgIpc) is 2.96. The van der Waals surface area contributed by atoms with Crippen molar-refractivity contribution in [2.75, 3.05) is 26.4 Å². The molecule has 0 amide bonds. The largest absolute Gasteiger partial charge is 2.00 e. The van der Waals surface area contributed by atoms with Crippen LogP contribution in [0.5, 0.6) is 0 Å². The van der Waals surface area contributed by atoms with Crippen LogP contribution >= 0.6 is 0 Å². The Morgan fingerprint density at radius 2 is 1.25 bits per heavy atom. The summed E-state index contributed by atoms with van der Waals surface area (Å²) in [5.74, 6) is 22.7. The summed E-state index contributed by atoms with van der Waals surface area (Å²) in [5, 5.41) is 10.4. The van der Waals surface area contributed by atoms with E-state index in [1.54, 1.807) is 45.0 Å². The maximum Gasteiger partial charge on any atom is 2.00 e. The Kier molecular flexibility index (Phi) is 34.7. The Balaban J connectivity index is -0.000000253. The molecule has 4 nitrogen and oxygen atoms in total. The Labute approximate surface area is 267 Å². The van der Waals surface area contributed by atoms with Gasteiger partial charge in [0.2, 0.25) is 11.4 Å². The summed E-state index contributed by atoms with van der Waals surface area (Å²) in [7, 11) is 0. The first kappa shape index (κ1) is 43.6. The van der Waals surface area contributed by atoms with Gasteiger partial charge in [0.15, 0.2) is 0 Å².